The van der Waals surface area contributed by atoms with Crippen molar-refractivity contribution in [3.8, 4) is 0 Å². The van der Waals surface area contributed by atoms with Crippen molar-refractivity contribution in [2.45, 2.75) is 58.9 Å². The molecule has 0 fully saturated rings. The maximum absolute atomic E-state index is 5.65. The van der Waals surface area contributed by atoms with Gasteiger partial charge in [0, 0.05) is 6.04 Å². The maximum atomic E-state index is 5.65. The van der Waals surface area contributed by atoms with E-state index in [-0.39, 0.29) is 0 Å². The Labute approximate surface area is 71.4 Å². The molecule has 2 N–H and O–H groups in total. The second-order valence-electron chi connectivity index (χ2n) is 3.80. The summed E-state index contributed by atoms with van der Waals surface area (Å²) in [6.45, 7) is 6.68. The molecule has 0 aliphatic carbocycles. The zero-order valence-electron chi connectivity index (χ0n) is 8.27. The fourth-order valence-electron chi connectivity index (χ4n) is 1.43. The van der Waals surface area contributed by atoms with Gasteiger partial charge in [-0.1, -0.05) is 39.5 Å². The van der Waals surface area contributed by atoms with Crippen molar-refractivity contribution in [3.05, 3.63) is 0 Å². The summed E-state index contributed by atoms with van der Waals surface area (Å²) in [5.74, 6) is 0.902. The van der Waals surface area contributed by atoms with Crippen molar-refractivity contribution in [2.24, 2.45) is 11.7 Å². The molecule has 0 radical (unpaired) electrons. The Morgan fingerprint density at radius 3 is 2.18 bits per heavy atom. The first kappa shape index (κ1) is 11.0. The Morgan fingerprint density at radius 2 is 1.73 bits per heavy atom. The van der Waals surface area contributed by atoms with E-state index in [4.69, 9.17) is 5.73 Å². The van der Waals surface area contributed by atoms with Gasteiger partial charge in [-0.05, 0) is 19.3 Å². The van der Waals surface area contributed by atoms with Crippen LogP contribution in [0.15, 0.2) is 0 Å². The SMILES string of the molecule is CCC[C@@H](C)CCC[C@H](C)N. The lowest BCUT2D eigenvalue weighted by Gasteiger charge is -2.10. The second-order valence-corrected chi connectivity index (χ2v) is 3.80. The lowest BCUT2D eigenvalue weighted by molar-refractivity contribution is 0.449. The van der Waals surface area contributed by atoms with Crippen LogP contribution in [-0.2, 0) is 0 Å². The quantitative estimate of drug-likeness (QED) is 0.630. The van der Waals surface area contributed by atoms with Crippen LogP contribution >= 0.6 is 0 Å². The Kier molecular flexibility index (Phi) is 6.63. The molecule has 2 atom stereocenters. The van der Waals surface area contributed by atoms with Crippen molar-refractivity contribution in [2.75, 3.05) is 0 Å². The van der Waals surface area contributed by atoms with E-state index in [0.29, 0.717) is 6.04 Å². The topological polar surface area (TPSA) is 26.0 Å². The largest absolute Gasteiger partial charge is 0.328 e. The Bertz CT molecular complexity index is 78.9. The lowest BCUT2D eigenvalue weighted by atomic mass is 9.98. The smallest absolute Gasteiger partial charge is 0.00104 e. The van der Waals surface area contributed by atoms with Gasteiger partial charge in [-0.2, -0.15) is 0 Å². The van der Waals surface area contributed by atoms with E-state index in [1.54, 1.807) is 0 Å². The molecule has 1 nitrogen and oxygen atoms in total. The lowest BCUT2D eigenvalue weighted by Crippen LogP contribution is -2.14. The van der Waals surface area contributed by atoms with E-state index in [2.05, 4.69) is 20.8 Å². The minimum atomic E-state index is 0.392. The Balaban J connectivity index is 3.10. The van der Waals surface area contributed by atoms with Gasteiger partial charge < -0.3 is 5.73 Å². The van der Waals surface area contributed by atoms with Gasteiger partial charge >= 0.3 is 0 Å². The van der Waals surface area contributed by atoms with Crippen molar-refractivity contribution in [1.29, 1.82) is 0 Å². The van der Waals surface area contributed by atoms with Gasteiger partial charge in [0.1, 0.15) is 0 Å². The number of nitrogens with two attached hydrogens (primary N) is 1. The van der Waals surface area contributed by atoms with E-state index in [1.807, 2.05) is 0 Å². The number of hydrogen-bond acceptors (Lipinski definition) is 1. The molecule has 0 aromatic heterocycles. The van der Waals surface area contributed by atoms with Crippen LogP contribution in [0.25, 0.3) is 0 Å². The third-order valence-electron chi connectivity index (χ3n) is 2.14. The fraction of sp³-hybridized carbons (Fsp3) is 1.00. The van der Waals surface area contributed by atoms with Crippen LogP contribution in [0.5, 0.6) is 0 Å². The molecule has 0 bridgehead atoms. The summed E-state index contributed by atoms with van der Waals surface area (Å²) in [6, 6.07) is 0.392. The summed E-state index contributed by atoms with van der Waals surface area (Å²) >= 11 is 0. The zero-order chi connectivity index (χ0) is 8.69. The molecule has 0 saturated carbocycles. The molecular formula is C10H23N. The molecule has 0 aliphatic heterocycles. The standard InChI is InChI=1S/C10H23N/c1-4-6-9(2)7-5-8-10(3)11/h9-10H,4-8,11H2,1-3H3/t9-,10+/m1/s1. The molecule has 68 valence electrons. The summed E-state index contributed by atoms with van der Waals surface area (Å²) in [7, 11) is 0. The molecule has 0 spiro atoms. The summed E-state index contributed by atoms with van der Waals surface area (Å²) in [5, 5.41) is 0. The predicted molar refractivity (Wildman–Crippen MR) is 51.6 cm³/mol. The minimum Gasteiger partial charge on any atom is -0.328 e. The van der Waals surface area contributed by atoms with Gasteiger partial charge in [0.05, 0.1) is 0 Å². The van der Waals surface area contributed by atoms with Crippen LogP contribution in [0.3, 0.4) is 0 Å². The van der Waals surface area contributed by atoms with Gasteiger partial charge in [-0.25, -0.2) is 0 Å². The first-order valence-electron chi connectivity index (χ1n) is 4.92. The summed E-state index contributed by atoms with van der Waals surface area (Å²) in [5.41, 5.74) is 5.65. The van der Waals surface area contributed by atoms with Crippen LogP contribution in [0.2, 0.25) is 0 Å². The van der Waals surface area contributed by atoms with Crippen molar-refractivity contribution in [1.82, 2.24) is 0 Å². The second kappa shape index (κ2) is 6.66. The van der Waals surface area contributed by atoms with Crippen molar-refractivity contribution < 1.29 is 0 Å². The summed E-state index contributed by atoms with van der Waals surface area (Å²) < 4.78 is 0. The first-order chi connectivity index (χ1) is 5.16. The van der Waals surface area contributed by atoms with E-state index < -0.39 is 0 Å². The first-order valence-corrected chi connectivity index (χ1v) is 4.92. The predicted octanol–water partition coefficient (Wildman–Crippen LogP) is 2.94. The normalized spacial score (nSPS) is 16.4. The van der Waals surface area contributed by atoms with Gasteiger partial charge in [0.25, 0.3) is 0 Å². The van der Waals surface area contributed by atoms with Crippen molar-refractivity contribution >= 4 is 0 Å². The summed E-state index contributed by atoms with van der Waals surface area (Å²) in [6.07, 6.45) is 6.54. The molecular weight excluding hydrogens is 134 g/mol. The monoisotopic (exact) mass is 157 g/mol. The molecule has 0 unspecified atom stereocenters. The number of rotatable bonds is 6. The van der Waals surface area contributed by atoms with Crippen molar-refractivity contribution in [3.63, 3.8) is 0 Å². The zero-order valence-corrected chi connectivity index (χ0v) is 8.27. The van der Waals surface area contributed by atoms with Gasteiger partial charge in [0.2, 0.25) is 0 Å². The highest BCUT2D eigenvalue weighted by Crippen LogP contribution is 2.13. The summed E-state index contributed by atoms with van der Waals surface area (Å²) in [4.78, 5) is 0. The molecule has 0 aromatic rings. The molecule has 1 heteroatoms. The highest BCUT2D eigenvalue weighted by atomic mass is 14.6. The molecule has 0 aliphatic rings. The maximum Gasteiger partial charge on any atom is 0.00104 e. The minimum absolute atomic E-state index is 0.392. The van der Waals surface area contributed by atoms with E-state index >= 15 is 0 Å². The molecule has 11 heavy (non-hydrogen) atoms. The van der Waals surface area contributed by atoms with E-state index in [9.17, 15) is 0 Å². The number of hydrogen-bond donors (Lipinski definition) is 1. The van der Waals surface area contributed by atoms with Gasteiger partial charge in [-0.3, -0.25) is 0 Å². The molecule has 0 rings (SSSR count). The van der Waals surface area contributed by atoms with Gasteiger partial charge in [-0.15, -0.1) is 0 Å². The molecule has 0 saturated heterocycles. The highest BCUT2D eigenvalue weighted by Gasteiger charge is 2.00. The Hall–Kier alpha value is -0.0400. The average molecular weight is 157 g/mol. The van der Waals surface area contributed by atoms with Gasteiger partial charge in [0.15, 0.2) is 0 Å². The highest BCUT2D eigenvalue weighted by molar-refractivity contribution is 4.57. The fourth-order valence-corrected chi connectivity index (χ4v) is 1.43. The molecule has 0 aromatic carbocycles. The van der Waals surface area contributed by atoms with E-state index in [1.165, 1.54) is 32.1 Å². The average Bonchev–Trinajstić information content (AvgIpc) is 1.87. The van der Waals surface area contributed by atoms with Crippen LogP contribution in [0, 0.1) is 5.92 Å². The third kappa shape index (κ3) is 7.86. The molecule has 0 heterocycles. The van der Waals surface area contributed by atoms with Crippen LogP contribution < -0.4 is 5.73 Å². The van der Waals surface area contributed by atoms with E-state index in [0.717, 1.165) is 5.92 Å². The third-order valence-corrected chi connectivity index (χ3v) is 2.14. The molecule has 0 amide bonds. The van der Waals surface area contributed by atoms with Crippen LogP contribution in [0.4, 0.5) is 0 Å². The Morgan fingerprint density at radius 1 is 1.09 bits per heavy atom. The van der Waals surface area contributed by atoms with Crippen LogP contribution in [0.1, 0.15) is 52.9 Å². The van der Waals surface area contributed by atoms with Crippen LogP contribution in [-0.4, -0.2) is 6.04 Å².